The first-order chi connectivity index (χ1) is 15.9. The predicted molar refractivity (Wildman–Crippen MR) is 120 cm³/mol. The van der Waals surface area contributed by atoms with Crippen LogP contribution >= 0.6 is 23.1 Å². The molecule has 1 aliphatic rings. The summed E-state index contributed by atoms with van der Waals surface area (Å²) in [6, 6.07) is 0.991. The van der Waals surface area contributed by atoms with Gasteiger partial charge in [0.05, 0.1) is 28.2 Å². The fraction of sp³-hybridized carbons (Fsp3) is 0.368. The van der Waals surface area contributed by atoms with Crippen LogP contribution in [-0.2, 0) is 18.3 Å². The number of hydrogen-bond donors (Lipinski definition) is 3. The molecule has 3 heterocycles. The molecule has 0 atom stereocenters. The minimum atomic E-state index is -1.06. The van der Waals surface area contributed by atoms with Gasteiger partial charge in [0.25, 0.3) is 0 Å². The number of nitrogens with one attached hydrogen (secondary N) is 2. The zero-order valence-corrected chi connectivity index (χ0v) is 19.1. The number of hydrogen-bond acceptors (Lipinski definition) is 10. The topological polar surface area (TPSA) is 165 Å². The van der Waals surface area contributed by atoms with Crippen LogP contribution in [-0.4, -0.2) is 53.1 Å². The molecule has 3 N–H and O–H groups in total. The number of ketones is 1. The quantitative estimate of drug-likeness (QED) is 0.401. The van der Waals surface area contributed by atoms with Crippen LogP contribution in [0.1, 0.15) is 41.7 Å². The molecule has 3 aromatic rings. The predicted octanol–water partition coefficient (Wildman–Crippen LogP) is 2.86. The fourth-order valence-electron chi connectivity index (χ4n) is 3.48. The van der Waals surface area contributed by atoms with E-state index in [1.807, 2.05) is 0 Å². The minimum absolute atomic E-state index is 0.000772. The van der Waals surface area contributed by atoms with Gasteiger partial charge in [-0.05, 0) is 41.1 Å². The van der Waals surface area contributed by atoms with Crippen molar-refractivity contribution < 1.29 is 19.5 Å². The lowest BCUT2D eigenvalue weighted by atomic mass is 9.96. The number of carbonyl (C=O) groups excluding carboxylic acids is 2. The van der Waals surface area contributed by atoms with Gasteiger partial charge in [0.1, 0.15) is 0 Å². The second-order valence-electron chi connectivity index (χ2n) is 7.36. The molecule has 0 spiro atoms. The van der Waals surface area contributed by atoms with E-state index in [2.05, 4.69) is 36.1 Å². The zero-order valence-electron chi connectivity index (χ0n) is 17.5. The maximum absolute atomic E-state index is 12.9. The Morgan fingerprint density at radius 2 is 2.06 bits per heavy atom. The van der Waals surface area contributed by atoms with Crippen molar-refractivity contribution >= 4 is 51.7 Å². The molecule has 0 aromatic carbocycles. The lowest BCUT2D eigenvalue weighted by Crippen LogP contribution is -2.22. The zero-order chi connectivity index (χ0) is 23.4. The van der Waals surface area contributed by atoms with Crippen LogP contribution in [0.4, 0.5) is 15.6 Å². The Morgan fingerprint density at radius 3 is 2.76 bits per heavy atom. The summed E-state index contributed by atoms with van der Waals surface area (Å²) in [7, 11) is 1.66. The van der Waals surface area contributed by atoms with Crippen molar-refractivity contribution in [3.63, 3.8) is 0 Å². The van der Waals surface area contributed by atoms with E-state index in [1.54, 1.807) is 13.1 Å². The van der Waals surface area contributed by atoms with E-state index in [4.69, 9.17) is 0 Å². The second kappa shape index (κ2) is 10.0. The number of anilines is 2. The molecule has 0 bridgehead atoms. The number of carboxylic acids is 1. The number of tetrazole rings is 1. The first-order valence-corrected chi connectivity index (χ1v) is 11.7. The van der Waals surface area contributed by atoms with Gasteiger partial charge in [0, 0.05) is 24.7 Å². The summed E-state index contributed by atoms with van der Waals surface area (Å²) < 4.78 is 1.99. The van der Waals surface area contributed by atoms with Crippen LogP contribution in [0.5, 0.6) is 0 Å². The average molecular weight is 489 g/mol. The Labute approximate surface area is 196 Å². The van der Waals surface area contributed by atoms with Crippen molar-refractivity contribution in [2.24, 2.45) is 13.0 Å². The molecule has 12 nitrogen and oxygen atoms in total. The van der Waals surface area contributed by atoms with Crippen LogP contribution in [0.2, 0.25) is 0 Å². The number of urea groups is 1. The van der Waals surface area contributed by atoms with Crippen LogP contribution < -0.4 is 10.6 Å². The number of aliphatic carboxylic acids is 1. The number of Topliss-reactive ketones (excluding diaryl/α,β-unsaturated/α-hetero) is 1. The largest absolute Gasteiger partial charge is 0.481 e. The highest BCUT2D eigenvalue weighted by molar-refractivity contribution is 8.01. The summed E-state index contributed by atoms with van der Waals surface area (Å²) >= 11 is 2.26. The van der Waals surface area contributed by atoms with Crippen LogP contribution in [0, 0.1) is 5.92 Å². The van der Waals surface area contributed by atoms with Crippen LogP contribution in [0.3, 0.4) is 0 Å². The second-order valence-corrected chi connectivity index (χ2v) is 9.59. The van der Waals surface area contributed by atoms with E-state index >= 15 is 0 Å². The third-order valence-corrected chi connectivity index (χ3v) is 7.28. The normalized spacial score (nSPS) is 13.7. The van der Waals surface area contributed by atoms with Crippen molar-refractivity contribution in [1.82, 2.24) is 30.2 Å². The summed E-state index contributed by atoms with van der Waals surface area (Å²) in [6.07, 6.45) is 6.38. The summed E-state index contributed by atoms with van der Waals surface area (Å²) in [5, 5.41) is 26.3. The SMILES string of the molecule is Cn1nnnc1Sc1sc(NC(=O)Nc2cnccc2C(=O)C2CCCC2)nc1CC(=O)O. The molecule has 3 aromatic heterocycles. The Hall–Kier alpha value is -3.39. The smallest absolute Gasteiger partial charge is 0.325 e. The Morgan fingerprint density at radius 1 is 1.27 bits per heavy atom. The minimum Gasteiger partial charge on any atom is -0.481 e. The van der Waals surface area contributed by atoms with Gasteiger partial charge < -0.3 is 10.4 Å². The highest BCUT2D eigenvalue weighted by Gasteiger charge is 2.26. The van der Waals surface area contributed by atoms with Gasteiger partial charge in [0.2, 0.25) is 5.16 Å². The molecule has 1 fully saturated rings. The molecule has 2 amide bonds. The van der Waals surface area contributed by atoms with E-state index in [0.29, 0.717) is 20.6 Å². The highest BCUT2D eigenvalue weighted by atomic mass is 32.2. The average Bonchev–Trinajstić information content (AvgIpc) is 3.51. The maximum atomic E-state index is 12.9. The number of aryl methyl sites for hydroxylation is 1. The molecule has 0 aliphatic heterocycles. The van der Waals surface area contributed by atoms with E-state index in [1.165, 1.54) is 17.1 Å². The van der Waals surface area contributed by atoms with Gasteiger partial charge in [-0.2, -0.15) is 0 Å². The highest BCUT2D eigenvalue weighted by Crippen LogP contribution is 2.36. The molecule has 0 unspecified atom stereocenters. The monoisotopic (exact) mass is 488 g/mol. The van der Waals surface area contributed by atoms with Gasteiger partial charge >= 0.3 is 12.0 Å². The number of thiazole rings is 1. The summed E-state index contributed by atoms with van der Waals surface area (Å²) in [4.78, 5) is 45.0. The lowest BCUT2D eigenvalue weighted by Gasteiger charge is -2.13. The third kappa shape index (κ3) is 5.51. The van der Waals surface area contributed by atoms with E-state index in [-0.39, 0.29) is 28.9 Å². The Balaban J connectivity index is 1.49. The van der Waals surface area contributed by atoms with E-state index in [0.717, 1.165) is 48.8 Å². The van der Waals surface area contributed by atoms with Gasteiger partial charge in [-0.25, -0.2) is 14.5 Å². The van der Waals surface area contributed by atoms with Crippen molar-refractivity contribution in [3.05, 3.63) is 29.7 Å². The molecule has 14 heteroatoms. The number of rotatable bonds is 8. The number of carbonyl (C=O) groups is 3. The molecular formula is C19H20N8O4S2. The molecule has 1 aliphatic carbocycles. The van der Waals surface area contributed by atoms with Crippen LogP contribution in [0.15, 0.2) is 27.8 Å². The number of nitrogens with zero attached hydrogens (tertiary/aromatic N) is 6. The fourth-order valence-corrected chi connectivity index (χ4v) is 5.47. The summed E-state index contributed by atoms with van der Waals surface area (Å²) in [5.74, 6) is -1.10. The van der Waals surface area contributed by atoms with Gasteiger partial charge in [-0.15, -0.1) is 5.10 Å². The maximum Gasteiger partial charge on any atom is 0.325 e. The molecule has 0 saturated heterocycles. The van der Waals surface area contributed by atoms with Gasteiger partial charge in [-0.1, -0.05) is 24.2 Å². The number of aromatic nitrogens is 6. The van der Waals surface area contributed by atoms with Crippen molar-refractivity contribution in [2.75, 3.05) is 10.6 Å². The van der Waals surface area contributed by atoms with Crippen molar-refractivity contribution in [1.29, 1.82) is 0 Å². The number of carboxylic acid groups (broad SMARTS) is 1. The van der Waals surface area contributed by atoms with Crippen molar-refractivity contribution in [2.45, 2.75) is 41.5 Å². The molecule has 4 rings (SSSR count). The molecular weight excluding hydrogens is 468 g/mol. The summed E-state index contributed by atoms with van der Waals surface area (Å²) in [5.41, 5.74) is 1.02. The van der Waals surface area contributed by atoms with Gasteiger partial charge in [0.15, 0.2) is 10.9 Å². The molecule has 1 saturated carbocycles. The standard InChI is InChI=1S/C19H20N8O4S2/c1-27-19(24-25-26-27)33-16-12(8-14(28)29)22-18(32-16)23-17(31)21-13-9-20-7-6-11(13)15(30)10-4-2-3-5-10/h6-7,9-10H,2-5,8H2,1H3,(H,28,29)(H2,21,22,23,31). The molecule has 0 radical (unpaired) electrons. The first kappa shape index (κ1) is 22.8. The number of pyridine rings is 1. The van der Waals surface area contributed by atoms with E-state index in [9.17, 15) is 19.5 Å². The van der Waals surface area contributed by atoms with Crippen molar-refractivity contribution in [3.8, 4) is 0 Å². The Bertz CT molecular complexity index is 1190. The summed E-state index contributed by atoms with van der Waals surface area (Å²) in [6.45, 7) is 0. The van der Waals surface area contributed by atoms with Gasteiger partial charge in [-0.3, -0.25) is 19.9 Å². The van der Waals surface area contributed by atoms with Crippen LogP contribution in [0.25, 0.3) is 0 Å². The molecule has 172 valence electrons. The lowest BCUT2D eigenvalue weighted by molar-refractivity contribution is -0.136. The van der Waals surface area contributed by atoms with E-state index < -0.39 is 12.0 Å². The number of amides is 2. The third-order valence-electron chi connectivity index (χ3n) is 5.03. The molecule has 33 heavy (non-hydrogen) atoms. The first-order valence-electron chi connectivity index (χ1n) is 10.1. The Kier molecular flexibility index (Phi) is 6.93.